The lowest BCUT2D eigenvalue weighted by Crippen LogP contribution is -2.24. The highest BCUT2D eigenvalue weighted by Gasteiger charge is 2.29. The van der Waals surface area contributed by atoms with E-state index in [0.29, 0.717) is 17.9 Å². The van der Waals surface area contributed by atoms with Crippen LogP contribution in [0.15, 0.2) is 24.3 Å². The molecule has 0 bridgehead atoms. The molecule has 1 amide bonds. The standard InChI is InChI=1S/C15H18F3NO/c16-15(17,18)13-7-5-12(6-8-13)10-19-14(20)9-11-3-1-2-4-11/h5-8,11H,1-4,9-10H2,(H,19,20). The van der Waals surface area contributed by atoms with Gasteiger partial charge in [-0.15, -0.1) is 0 Å². The summed E-state index contributed by atoms with van der Waals surface area (Å²) in [6.07, 6.45) is 0.806. The molecule has 20 heavy (non-hydrogen) atoms. The van der Waals surface area contributed by atoms with E-state index in [1.165, 1.54) is 25.0 Å². The predicted molar refractivity (Wildman–Crippen MR) is 69.9 cm³/mol. The molecule has 0 aromatic heterocycles. The molecule has 1 aromatic rings. The molecule has 2 nitrogen and oxygen atoms in total. The van der Waals surface area contributed by atoms with Gasteiger partial charge in [-0.3, -0.25) is 4.79 Å². The Balaban J connectivity index is 1.80. The minimum absolute atomic E-state index is 0.0169. The van der Waals surface area contributed by atoms with Gasteiger partial charge in [0.25, 0.3) is 0 Å². The number of rotatable bonds is 4. The summed E-state index contributed by atoms with van der Waals surface area (Å²) < 4.78 is 37.2. The molecule has 5 heteroatoms. The third-order valence-corrected chi connectivity index (χ3v) is 3.72. The third kappa shape index (κ3) is 4.25. The Bertz CT molecular complexity index is 447. The topological polar surface area (TPSA) is 29.1 Å². The summed E-state index contributed by atoms with van der Waals surface area (Å²) in [7, 11) is 0. The van der Waals surface area contributed by atoms with Gasteiger partial charge in [-0.05, 0) is 36.5 Å². The summed E-state index contributed by atoms with van der Waals surface area (Å²) in [6.45, 7) is 0.281. The lowest BCUT2D eigenvalue weighted by molar-refractivity contribution is -0.137. The molecule has 110 valence electrons. The van der Waals surface area contributed by atoms with E-state index < -0.39 is 11.7 Å². The van der Waals surface area contributed by atoms with Crippen LogP contribution in [0.25, 0.3) is 0 Å². The van der Waals surface area contributed by atoms with Crippen molar-refractivity contribution >= 4 is 5.91 Å². The van der Waals surface area contributed by atoms with E-state index in [1.54, 1.807) is 0 Å². The Hall–Kier alpha value is -1.52. The summed E-state index contributed by atoms with van der Waals surface area (Å²) in [5.74, 6) is 0.458. The molecule has 0 unspecified atom stereocenters. The summed E-state index contributed by atoms with van der Waals surface area (Å²) in [5.41, 5.74) is 0.0105. The van der Waals surface area contributed by atoms with Crippen molar-refractivity contribution in [1.82, 2.24) is 5.32 Å². The van der Waals surface area contributed by atoms with Gasteiger partial charge in [-0.2, -0.15) is 13.2 Å². The SMILES string of the molecule is O=C(CC1CCCC1)NCc1ccc(C(F)(F)F)cc1. The van der Waals surface area contributed by atoms with Crippen LogP contribution in [0.3, 0.4) is 0 Å². The maximum atomic E-state index is 12.4. The molecule has 1 N–H and O–H groups in total. The van der Waals surface area contributed by atoms with E-state index in [4.69, 9.17) is 0 Å². The second kappa shape index (κ2) is 6.29. The Morgan fingerprint density at radius 3 is 2.30 bits per heavy atom. The number of carbonyl (C=O) groups excluding carboxylic acids is 1. The molecule has 0 saturated heterocycles. The minimum atomic E-state index is -4.32. The van der Waals surface area contributed by atoms with Crippen LogP contribution in [0.1, 0.15) is 43.2 Å². The van der Waals surface area contributed by atoms with E-state index in [1.807, 2.05) is 0 Å². The smallest absolute Gasteiger partial charge is 0.352 e. The van der Waals surface area contributed by atoms with Crippen molar-refractivity contribution in [2.24, 2.45) is 5.92 Å². The second-order valence-corrected chi connectivity index (χ2v) is 5.33. The van der Waals surface area contributed by atoms with Gasteiger partial charge in [-0.25, -0.2) is 0 Å². The van der Waals surface area contributed by atoms with Crippen LogP contribution in [0.4, 0.5) is 13.2 Å². The maximum Gasteiger partial charge on any atom is 0.416 e. The Kier molecular flexibility index (Phi) is 4.68. The van der Waals surface area contributed by atoms with Gasteiger partial charge >= 0.3 is 6.18 Å². The third-order valence-electron chi connectivity index (χ3n) is 3.72. The van der Waals surface area contributed by atoms with Crippen molar-refractivity contribution in [3.05, 3.63) is 35.4 Å². The van der Waals surface area contributed by atoms with Crippen molar-refractivity contribution in [3.63, 3.8) is 0 Å². The number of hydrogen-bond donors (Lipinski definition) is 1. The van der Waals surface area contributed by atoms with Crippen LogP contribution in [0.2, 0.25) is 0 Å². The Labute approximate surface area is 116 Å². The van der Waals surface area contributed by atoms with Crippen LogP contribution in [-0.2, 0) is 17.5 Å². The van der Waals surface area contributed by atoms with E-state index in [2.05, 4.69) is 5.32 Å². The first-order valence-corrected chi connectivity index (χ1v) is 6.88. The van der Waals surface area contributed by atoms with Crippen molar-refractivity contribution in [2.45, 2.75) is 44.8 Å². The van der Waals surface area contributed by atoms with Gasteiger partial charge < -0.3 is 5.32 Å². The van der Waals surface area contributed by atoms with Gasteiger partial charge in [0, 0.05) is 13.0 Å². The fraction of sp³-hybridized carbons (Fsp3) is 0.533. The minimum Gasteiger partial charge on any atom is -0.352 e. The number of benzene rings is 1. The summed E-state index contributed by atoms with van der Waals surface area (Å²) in [5, 5.41) is 2.76. The Morgan fingerprint density at radius 2 is 1.75 bits per heavy atom. The fourth-order valence-corrected chi connectivity index (χ4v) is 2.56. The van der Waals surface area contributed by atoms with Crippen LogP contribution in [0.5, 0.6) is 0 Å². The number of alkyl halides is 3. The van der Waals surface area contributed by atoms with Crippen molar-refractivity contribution in [3.8, 4) is 0 Å². The van der Waals surface area contributed by atoms with E-state index in [0.717, 1.165) is 25.0 Å². The van der Waals surface area contributed by atoms with Crippen LogP contribution >= 0.6 is 0 Å². The fourth-order valence-electron chi connectivity index (χ4n) is 2.56. The van der Waals surface area contributed by atoms with E-state index >= 15 is 0 Å². The van der Waals surface area contributed by atoms with Crippen molar-refractivity contribution in [2.75, 3.05) is 0 Å². The first kappa shape index (κ1) is 14.9. The zero-order valence-corrected chi connectivity index (χ0v) is 11.2. The van der Waals surface area contributed by atoms with E-state index in [-0.39, 0.29) is 12.5 Å². The molecule has 1 fully saturated rings. The molecule has 0 atom stereocenters. The molecule has 0 heterocycles. The molecule has 1 aliphatic carbocycles. The maximum absolute atomic E-state index is 12.4. The molecule has 2 rings (SSSR count). The monoisotopic (exact) mass is 285 g/mol. The number of amides is 1. The van der Waals surface area contributed by atoms with Gasteiger partial charge in [0.05, 0.1) is 5.56 Å². The molecule has 1 saturated carbocycles. The zero-order chi connectivity index (χ0) is 14.6. The normalized spacial score (nSPS) is 16.4. The van der Waals surface area contributed by atoms with Gasteiger partial charge in [-0.1, -0.05) is 25.0 Å². The molecule has 1 aliphatic rings. The van der Waals surface area contributed by atoms with Gasteiger partial charge in [0.2, 0.25) is 5.91 Å². The van der Waals surface area contributed by atoms with Crippen molar-refractivity contribution < 1.29 is 18.0 Å². The summed E-state index contributed by atoms with van der Waals surface area (Å²) in [6, 6.07) is 4.88. The van der Waals surface area contributed by atoms with E-state index in [9.17, 15) is 18.0 Å². The number of halogens is 3. The van der Waals surface area contributed by atoms with Crippen LogP contribution in [-0.4, -0.2) is 5.91 Å². The van der Waals surface area contributed by atoms with Crippen LogP contribution < -0.4 is 5.32 Å². The molecule has 1 aromatic carbocycles. The summed E-state index contributed by atoms with van der Waals surface area (Å²) >= 11 is 0. The average Bonchev–Trinajstić information content (AvgIpc) is 2.88. The van der Waals surface area contributed by atoms with Crippen LogP contribution in [0, 0.1) is 5.92 Å². The number of nitrogens with one attached hydrogen (secondary N) is 1. The molecular formula is C15H18F3NO. The molecule has 0 radical (unpaired) electrons. The molecule has 0 aliphatic heterocycles. The zero-order valence-electron chi connectivity index (χ0n) is 11.2. The lowest BCUT2D eigenvalue weighted by Gasteiger charge is -2.10. The van der Waals surface area contributed by atoms with Crippen molar-refractivity contribution in [1.29, 1.82) is 0 Å². The highest BCUT2D eigenvalue weighted by molar-refractivity contribution is 5.76. The molecular weight excluding hydrogens is 267 g/mol. The highest BCUT2D eigenvalue weighted by atomic mass is 19.4. The highest BCUT2D eigenvalue weighted by Crippen LogP contribution is 2.29. The first-order chi connectivity index (χ1) is 9.45. The summed E-state index contributed by atoms with van der Waals surface area (Å²) in [4.78, 5) is 11.7. The predicted octanol–water partition coefficient (Wildman–Crippen LogP) is 3.90. The first-order valence-electron chi connectivity index (χ1n) is 6.88. The molecule has 0 spiro atoms. The quantitative estimate of drug-likeness (QED) is 0.893. The van der Waals surface area contributed by atoms with Gasteiger partial charge in [0.15, 0.2) is 0 Å². The lowest BCUT2D eigenvalue weighted by atomic mass is 10.0. The van der Waals surface area contributed by atoms with Gasteiger partial charge in [0.1, 0.15) is 0 Å². The number of carbonyl (C=O) groups is 1. The number of hydrogen-bond acceptors (Lipinski definition) is 1. The second-order valence-electron chi connectivity index (χ2n) is 5.33. The average molecular weight is 285 g/mol. The largest absolute Gasteiger partial charge is 0.416 e. The Morgan fingerprint density at radius 1 is 1.15 bits per heavy atom.